The smallest absolute Gasteiger partial charge is 0.116 e. The van der Waals surface area contributed by atoms with E-state index in [0.29, 0.717) is 5.92 Å². The van der Waals surface area contributed by atoms with Gasteiger partial charge < -0.3 is 0 Å². The number of benzene rings is 1. The van der Waals surface area contributed by atoms with Gasteiger partial charge in [0, 0.05) is 7.05 Å². The molecule has 16 heavy (non-hydrogen) atoms. The monoisotopic (exact) mass is 215 g/mol. The zero-order valence-corrected chi connectivity index (χ0v) is 10.1. The van der Waals surface area contributed by atoms with Gasteiger partial charge in [-0.2, -0.15) is 15.0 Å². The van der Waals surface area contributed by atoms with Gasteiger partial charge in [0.15, 0.2) is 0 Å². The molecular formula is C13H17N3. The highest BCUT2D eigenvalue weighted by atomic mass is 15.4. The molecule has 3 nitrogen and oxygen atoms in total. The summed E-state index contributed by atoms with van der Waals surface area (Å²) in [4.78, 5) is 1.64. The van der Waals surface area contributed by atoms with E-state index in [1.165, 1.54) is 11.1 Å². The molecule has 2 rings (SSSR count). The summed E-state index contributed by atoms with van der Waals surface area (Å²) >= 11 is 0. The fourth-order valence-electron chi connectivity index (χ4n) is 2.01. The highest BCUT2D eigenvalue weighted by Crippen LogP contribution is 2.27. The van der Waals surface area contributed by atoms with Crippen LogP contribution in [0.2, 0.25) is 0 Å². The first-order valence-corrected chi connectivity index (χ1v) is 5.55. The van der Waals surface area contributed by atoms with Crippen LogP contribution in [-0.4, -0.2) is 15.0 Å². The summed E-state index contributed by atoms with van der Waals surface area (Å²) in [6, 6.07) is 4.27. The van der Waals surface area contributed by atoms with E-state index in [-0.39, 0.29) is 0 Å². The summed E-state index contributed by atoms with van der Waals surface area (Å²) in [5.74, 6) is 0.442. The number of aromatic nitrogens is 3. The lowest BCUT2D eigenvalue weighted by molar-refractivity contribution is 0.663. The van der Waals surface area contributed by atoms with E-state index in [9.17, 15) is 0 Å². The van der Waals surface area contributed by atoms with E-state index in [2.05, 4.69) is 42.8 Å². The molecule has 0 aliphatic heterocycles. The van der Waals surface area contributed by atoms with Crippen LogP contribution in [0.15, 0.2) is 24.8 Å². The van der Waals surface area contributed by atoms with Crippen LogP contribution in [0.1, 0.15) is 30.4 Å². The van der Waals surface area contributed by atoms with E-state index in [1.54, 1.807) is 4.80 Å². The van der Waals surface area contributed by atoms with Crippen molar-refractivity contribution in [3.05, 3.63) is 35.9 Å². The van der Waals surface area contributed by atoms with Crippen LogP contribution in [0, 0.1) is 6.92 Å². The molecule has 3 heteroatoms. The zero-order chi connectivity index (χ0) is 11.7. The van der Waals surface area contributed by atoms with Crippen molar-refractivity contribution in [2.45, 2.75) is 26.2 Å². The highest BCUT2D eigenvalue weighted by molar-refractivity contribution is 5.81. The molecule has 0 spiro atoms. The molecule has 0 radical (unpaired) electrons. The maximum atomic E-state index is 4.45. The average Bonchev–Trinajstić information content (AvgIpc) is 2.61. The fourth-order valence-corrected chi connectivity index (χ4v) is 2.01. The minimum atomic E-state index is 0.442. The summed E-state index contributed by atoms with van der Waals surface area (Å²) in [6.07, 6.45) is 2.92. The van der Waals surface area contributed by atoms with Crippen molar-refractivity contribution < 1.29 is 0 Å². The SMILES string of the molecule is C=CCC(C)c1ccc(C)c2nn(C)nc12. The van der Waals surface area contributed by atoms with Crippen LogP contribution in [0.3, 0.4) is 0 Å². The first-order chi connectivity index (χ1) is 7.63. The molecule has 1 aromatic carbocycles. The Morgan fingerprint density at radius 1 is 1.38 bits per heavy atom. The Bertz CT molecular complexity index is 525. The van der Waals surface area contributed by atoms with Crippen molar-refractivity contribution in [1.29, 1.82) is 0 Å². The predicted octanol–water partition coefficient (Wildman–Crippen LogP) is 2.96. The third kappa shape index (κ3) is 1.73. The molecule has 0 saturated carbocycles. The van der Waals surface area contributed by atoms with Gasteiger partial charge in [-0.3, -0.25) is 0 Å². The summed E-state index contributed by atoms with van der Waals surface area (Å²) in [5, 5.41) is 8.84. The van der Waals surface area contributed by atoms with E-state index in [4.69, 9.17) is 0 Å². The second-order valence-electron chi connectivity index (χ2n) is 4.28. The molecule has 1 unspecified atom stereocenters. The Balaban J connectivity index is 2.61. The Kier molecular flexibility index (Phi) is 2.77. The molecule has 0 fully saturated rings. The van der Waals surface area contributed by atoms with Gasteiger partial charge in [-0.05, 0) is 30.4 Å². The molecule has 0 amide bonds. The third-order valence-electron chi connectivity index (χ3n) is 2.92. The molecule has 0 aliphatic rings. The molecule has 1 atom stereocenters. The second kappa shape index (κ2) is 4.08. The number of hydrogen-bond acceptors (Lipinski definition) is 2. The summed E-state index contributed by atoms with van der Waals surface area (Å²) in [7, 11) is 1.86. The summed E-state index contributed by atoms with van der Waals surface area (Å²) < 4.78 is 0. The Morgan fingerprint density at radius 2 is 2.06 bits per heavy atom. The van der Waals surface area contributed by atoms with Crippen molar-refractivity contribution in [3.63, 3.8) is 0 Å². The largest absolute Gasteiger partial charge is 0.187 e. The van der Waals surface area contributed by atoms with Crippen molar-refractivity contribution in [1.82, 2.24) is 15.0 Å². The number of hydrogen-bond donors (Lipinski definition) is 0. The molecule has 0 saturated heterocycles. The molecule has 84 valence electrons. The minimum absolute atomic E-state index is 0.442. The van der Waals surface area contributed by atoms with Gasteiger partial charge >= 0.3 is 0 Å². The molecule has 0 N–H and O–H groups in total. The number of rotatable bonds is 3. The first kappa shape index (κ1) is 10.9. The van der Waals surface area contributed by atoms with Crippen molar-refractivity contribution in [2.24, 2.45) is 7.05 Å². The number of fused-ring (bicyclic) bond motifs is 1. The maximum Gasteiger partial charge on any atom is 0.116 e. The third-order valence-corrected chi connectivity index (χ3v) is 2.92. The lowest BCUT2D eigenvalue weighted by Crippen LogP contribution is -1.95. The molecule has 0 bridgehead atoms. The number of allylic oxidation sites excluding steroid dienone is 1. The minimum Gasteiger partial charge on any atom is -0.187 e. The van der Waals surface area contributed by atoms with Crippen molar-refractivity contribution in [3.8, 4) is 0 Å². The highest BCUT2D eigenvalue weighted by Gasteiger charge is 2.13. The van der Waals surface area contributed by atoms with Crippen LogP contribution in [0.25, 0.3) is 11.0 Å². The molecule has 1 aromatic heterocycles. The zero-order valence-electron chi connectivity index (χ0n) is 10.1. The maximum absolute atomic E-state index is 4.45. The van der Waals surface area contributed by atoms with Crippen molar-refractivity contribution in [2.75, 3.05) is 0 Å². The van der Waals surface area contributed by atoms with Crippen molar-refractivity contribution >= 4 is 11.0 Å². The van der Waals surface area contributed by atoms with E-state index < -0.39 is 0 Å². The van der Waals surface area contributed by atoms with E-state index in [1.807, 2.05) is 13.1 Å². The quantitative estimate of drug-likeness (QED) is 0.737. The average molecular weight is 215 g/mol. The molecular weight excluding hydrogens is 198 g/mol. The summed E-state index contributed by atoms with van der Waals surface area (Å²) in [5.41, 5.74) is 4.47. The van der Waals surface area contributed by atoms with Gasteiger partial charge in [-0.25, -0.2) is 0 Å². The topological polar surface area (TPSA) is 30.7 Å². The van der Waals surface area contributed by atoms with Gasteiger partial charge in [-0.15, -0.1) is 6.58 Å². The molecule has 2 aromatic rings. The van der Waals surface area contributed by atoms with Gasteiger partial charge in [0.25, 0.3) is 0 Å². The molecule has 1 heterocycles. The first-order valence-electron chi connectivity index (χ1n) is 5.55. The van der Waals surface area contributed by atoms with Gasteiger partial charge in [-0.1, -0.05) is 25.1 Å². The number of aryl methyl sites for hydroxylation is 2. The second-order valence-corrected chi connectivity index (χ2v) is 4.28. The predicted molar refractivity (Wildman–Crippen MR) is 66.5 cm³/mol. The summed E-state index contributed by atoms with van der Waals surface area (Å²) in [6.45, 7) is 8.05. The van der Waals surface area contributed by atoms with Gasteiger partial charge in [0.05, 0.1) is 0 Å². The lowest BCUT2D eigenvalue weighted by atomic mass is 9.95. The Morgan fingerprint density at radius 3 is 2.75 bits per heavy atom. The van der Waals surface area contributed by atoms with E-state index >= 15 is 0 Å². The standard InChI is InChI=1S/C13H17N3/c1-5-6-9(2)11-8-7-10(3)12-13(11)15-16(4)14-12/h5,7-9H,1,6H2,2-4H3. The Labute approximate surface area is 95.8 Å². The van der Waals surface area contributed by atoms with E-state index in [0.717, 1.165) is 17.5 Å². The van der Waals surface area contributed by atoms with Crippen LogP contribution in [0.4, 0.5) is 0 Å². The van der Waals surface area contributed by atoms with Crippen LogP contribution >= 0.6 is 0 Å². The van der Waals surface area contributed by atoms with Crippen LogP contribution < -0.4 is 0 Å². The molecule has 0 aliphatic carbocycles. The number of nitrogens with zero attached hydrogens (tertiary/aromatic N) is 3. The van der Waals surface area contributed by atoms with Gasteiger partial charge in [0.1, 0.15) is 11.0 Å². The van der Waals surface area contributed by atoms with Crippen LogP contribution in [0.5, 0.6) is 0 Å². The normalized spacial score (nSPS) is 12.9. The van der Waals surface area contributed by atoms with Crippen LogP contribution in [-0.2, 0) is 7.05 Å². The lowest BCUT2D eigenvalue weighted by Gasteiger charge is -2.09. The van der Waals surface area contributed by atoms with Gasteiger partial charge in [0.2, 0.25) is 0 Å². The fraction of sp³-hybridized carbons (Fsp3) is 0.385. The Hall–Kier alpha value is -1.64.